The van der Waals surface area contributed by atoms with Gasteiger partial charge in [0.2, 0.25) is 10.0 Å². The smallest absolute Gasteiger partial charge is 0.303 e. The third-order valence-corrected chi connectivity index (χ3v) is 3.53. The predicted octanol–water partition coefficient (Wildman–Crippen LogP) is 1.30. The Hall–Kier alpha value is -1.76. The number of carbonyl (C=O) groups is 1. The highest BCUT2D eigenvalue weighted by molar-refractivity contribution is 7.92. The van der Waals surface area contributed by atoms with Crippen LogP contribution in [-0.2, 0) is 14.8 Å². The van der Waals surface area contributed by atoms with Gasteiger partial charge in [-0.25, -0.2) is 8.42 Å². The number of sulfonamides is 1. The highest BCUT2D eigenvalue weighted by Crippen LogP contribution is 2.24. The molecule has 0 saturated heterocycles. The van der Waals surface area contributed by atoms with Crippen LogP contribution in [-0.4, -0.2) is 32.4 Å². The summed E-state index contributed by atoms with van der Waals surface area (Å²) in [6.07, 6.45) is -0.105. The number of benzene rings is 1. The van der Waals surface area contributed by atoms with E-state index in [0.29, 0.717) is 11.4 Å². The van der Waals surface area contributed by atoms with E-state index >= 15 is 0 Å². The molecule has 0 bridgehead atoms. The summed E-state index contributed by atoms with van der Waals surface area (Å²) >= 11 is 0. The first-order valence-corrected chi connectivity index (χ1v) is 6.95. The van der Waals surface area contributed by atoms with Crippen LogP contribution < -0.4 is 9.46 Å². The first-order valence-electron chi connectivity index (χ1n) is 5.30. The number of para-hydroxylation sites is 2. The highest BCUT2D eigenvalue weighted by Gasteiger charge is 2.13. The largest absolute Gasteiger partial charge is 0.495 e. The highest BCUT2D eigenvalue weighted by atomic mass is 32.2. The molecular formula is C11H15NO5S. The fraction of sp³-hybridized carbons (Fsp3) is 0.364. The lowest BCUT2D eigenvalue weighted by molar-refractivity contribution is -0.137. The zero-order valence-corrected chi connectivity index (χ0v) is 10.7. The Morgan fingerprint density at radius 2 is 2.06 bits per heavy atom. The number of aliphatic carboxylic acids is 1. The van der Waals surface area contributed by atoms with Crippen molar-refractivity contribution < 1.29 is 23.1 Å². The number of carboxylic acids is 1. The average Bonchev–Trinajstić information content (AvgIpc) is 2.28. The third kappa shape index (κ3) is 4.62. The summed E-state index contributed by atoms with van der Waals surface area (Å²) in [5, 5.41) is 8.45. The molecule has 0 atom stereocenters. The molecule has 0 fully saturated rings. The van der Waals surface area contributed by atoms with Gasteiger partial charge in [-0.15, -0.1) is 0 Å². The molecule has 1 aromatic carbocycles. The zero-order chi connectivity index (χ0) is 13.6. The van der Waals surface area contributed by atoms with Crippen molar-refractivity contribution in [1.82, 2.24) is 0 Å². The molecule has 2 N–H and O–H groups in total. The van der Waals surface area contributed by atoms with E-state index in [9.17, 15) is 13.2 Å². The van der Waals surface area contributed by atoms with E-state index < -0.39 is 16.0 Å². The van der Waals surface area contributed by atoms with Crippen molar-refractivity contribution in [2.24, 2.45) is 0 Å². The third-order valence-electron chi connectivity index (χ3n) is 2.18. The van der Waals surface area contributed by atoms with Crippen LogP contribution in [0.4, 0.5) is 5.69 Å². The standard InChI is InChI=1S/C11H15NO5S/c1-17-10-6-3-2-5-9(10)12-18(15,16)8-4-7-11(13)14/h2-3,5-6,12H,4,7-8H2,1H3,(H,13,14). The Labute approximate surface area is 106 Å². The van der Waals surface area contributed by atoms with Crippen LogP contribution in [0.25, 0.3) is 0 Å². The number of hydrogen-bond acceptors (Lipinski definition) is 4. The van der Waals surface area contributed by atoms with Crippen LogP contribution in [0.1, 0.15) is 12.8 Å². The van der Waals surface area contributed by atoms with Crippen LogP contribution in [0.15, 0.2) is 24.3 Å². The van der Waals surface area contributed by atoms with Gasteiger partial charge in [-0.05, 0) is 18.6 Å². The van der Waals surface area contributed by atoms with Gasteiger partial charge in [0, 0.05) is 6.42 Å². The topological polar surface area (TPSA) is 92.7 Å². The van der Waals surface area contributed by atoms with Gasteiger partial charge in [0.15, 0.2) is 0 Å². The Bertz CT molecular complexity index is 512. The van der Waals surface area contributed by atoms with Crippen LogP contribution in [0.5, 0.6) is 5.75 Å². The van der Waals surface area contributed by atoms with E-state index in [1.54, 1.807) is 24.3 Å². The number of rotatable bonds is 7. The second-order valence-electron chi connectivity index (χ2n) is 3.62. The van der Waals surface area contributed by atoms with Gasteiger partial charge in [-0.3, -0.25) is 9.52 Å². The molecule has 1 rings (SSSR count). The van der Waals surface area contributed by atoms with Gasteiger partial charge in [-0.1, -0.05) is 12.1 Å². The van der Waals surface area contributed by atoms with E-state index in [1.807, 2.05) is 0 Å². The minimum Gasteiger partial charge on any atom is -0.495 e. The quantitative estimate of drug-likeness (QED) is 0.781. The molecule has 1 aromatic rings. The number of methoxy groups -OCH3 is 1. The summed E-state index contributed by atoms with van der Waals surface area (Å²) in [6.45, 7) is 0. The van der Waals surface area contributed by atoms with E-state index in [1.165, 1.54) is 7.11 Å². The lowest BCUT2D eigenvalue weighted by Crippen LogP contribution is -2.17. The molecule has 6 nitrogen and oxygen atoms in total. The molecule has 7 heteroatoms. The summed E-state index contributed by atoms with van der Waals surface area (Å²) in [4.78, 5) is 10.3. The van der Waals surface area contributed by atoms with Gasteiger partial charge in [0.05, 0.1) is 18.6 Å². The second kappa shape index (κ2) is 6.25. The number of hydrogen-bond donors (Lipinski definition) is 2. The number of ether oxygens (including phenoxy) is 1. The number of carboxylic acid groups (broad SMARTS) is 1. The first kappa shape index (κ1) is 14.3. The second-order valence-corrected chi connectivity index (χ2v) is 5.46. The molecule has 0 heterocycles. The predicted molar refractivity (Wildman–Crippen MR) is 67.3 cm³/mol. The first-order chi connectivity index (χ1) is 8.44. The van der Waals surface area contributed by atoms with Gasteiger partial charge >= 0.3 is 5.97 Å². The summed E-state index contributed by atoms with van der Waals surface area (Å²) in [5.74, 6) is -0.834. The van der Waals surface area contributed by atoms with Crippen molar-refractivity contribution in [2.45, 2.75) is 12.8 Å². The average molecular weight is 273 g/mol. The molecule has 0 unspecified atom stereocenters. The van der Waals surface area contributed by atoms with E-state index in [-0.39, 0.29) is 18.6 Å². The minimum atomic E-state index is -3.56. The fourth-order valence-electron chi connectivity index (χ4n) is 1.36. The monoisotopic (exact) mass is 273 g/mol. The molecule has 0 saturated carbocycles. The molecule has 18 heavy (non-hydrogen) atoms. The molecule has 0 amide bonds. The van der Waals surface area contributed by atoms with Gasteiger partial charge < -0.3 is 9.84 Å². The van der Waals surface area contributed by atoms with Crippen LogP contribution in [0.2, 0.25) is 0 Å². The zero-order valence-electron chi connectivity index (χ0n) is 9.92. The fourth-order valence-corrected chi connectivity index (χ4v) is 2.49. The van der Waals surface area contributed by atoms with Crippen LogP contribution >= 0.6 is 0 Å². The molecule has 0 aromatic heterocycles. The maximum atomic E-state index is 11.7. The Morgan fingerprint density at radius 1 is 1.39 bits per heavy atom. The normalized spacial score (nSPS) is 10.9. The number of nitrogens with one attached hydrogen (secondary N) is 1. The molecule has 0 spiro atoms. The van der Waals surface area contributed by atoms with Crippen molar-refractivity contribution >= 4 is 21.7 Å². The molecule has 0 aliphatic rings. The van der Waals surface area contributed by atoms with Crippen molar-refractivity contribution in [3.8, 4) is 5.75 Å². The van der Waals surface area contributed by atoms with Gasteiger partial charge in [0.25, 0.3) is 0 Å². The van der Waals surface area contributed by atoms with E-state index in [4.69, 9.17) is 9.84 Å². The van der Waals surface area contributed by atoms with Crippen molar-refractivity contribution in [3.05, 3.63) is 24.3 Å². The molecule has 100 valence electrons. The Morgan fingerprint density at radius 3 is 2.67 bits per heavy atom. The number of anilines is 1. The van der Waals surface area contributed by atoms with Crippen molar-refractivity contribution in [1.29, 1.82) is 0 Å². The van der Waals surface area contributed by atoms with Crippen LogP contribution in [0, 0.1) is 0 Å². The molecular weight excluding hydrogens is 258 g/mol. The maximum Gasteiger partial charge on any atom is 0.303 e. The summed E-state index contributed by atoms with van der Waals surface area (Å²) in [5.41, 5.74) is 0.343. The Kier molecular flexibility index (Phi) is 4.96. The summed E-state index contributed by atoms with van der Waals surface area (Å²) in [6, 6.07) is 6.61. The van der Waals surface area contributed by atoms with Gasteiger partial charge in [0.1, 0.15) is 5.75 Å². The minimum absolute atomic E-state index is 0.0693. The molecule has 0 aliphatic heterocycles. The SMILES string of the molecule is COc1ccccc1NS(=O)(=O)CCCC(=O)O. The maximum absolute atomic E-state index is 11.7. The molecule has 0 radical (unpaired) electrons. The summed E-state index contributed by atoms with van der Waals surface area (Å²) in [7, 11) is -2.11. The van der Waals surface area contributed by atoms with E-state index in [2.05, 4.69) is 4.72 Å². The molecule has 0 aliphatic carbocycles. The summed E-state index contributed by atoms with van der Waals surface area (Å²) < 4.78 is 30.8. The van der Waals surface area contributed by atoms with Crippen LogP contribution in [0.3, 0.4) is 0 Å². The lowest BCUT2D eigenvalue weighted by Gasteiger charge is -2.10. The van der Waals surface area contributed by atoms with E-state index in [0.717, 1.165) is 0 Å². The van der Waals surface area contributed by atoms with Gasteiger partial charge in [-0.2, -0.15) is 0 Å². The Balaban J connectivity index is 2.67. The van der Waals surface area contributed by atoms with Crippen molar-refractivity contribution in [2.75, 3.05) is 17.6 Å². The lowest BCUT2D eigenvalue weighted by atomic mass is 10.3. The van der Waals surface area contributed by atoms with Crippen molar-refractivity contribution in [3.63, 3.8) is 0 Å².